The molecule has 2 amide bonds. The lowest BCUT2D eigenvalue weighted by atomic mass is 10.3. The fourth-order valence-electron chi connectivity index (χ4n) is 1.56. The summed E-state index contributed by atoms with van der Waals surface area (Å²) >= 11 is 1.73. The molecule has 0 spiro atoms. The maximum Gasteiger partial charge on any atom is 0.244 e. The van der Waals surface area contributed by atoms with Crippen LogP contribution in [0.15, 0.2) is 0 Å². The van der Waals surface area contributed by atoms with Gasteiger partial charge >= 0.3 is 0 Å². The van der Waals surface area contributed by atoms with Crippen molar-refractivity contribution in [1.82, 2.24) is 10.2 Å². The van der Waals surface area contributed by atoms with Crippen molar-refractivity contribution in [1.29, 1.82) is 0 Å². The number of nitrogens with one attached hydrogen (secondary N) is 1. The Morgan fingerprint density at radius 2 is 2.27 bits per heavy atom. The Balaban J connectivity index is 2.62. The predicted octanol–water partition coefficient (Wildman–Crippen LogP) is 0.475. The molecule has 0 aliphatic carbocycles. The monoisotopic (exact) mass is 230 g/mol. The van der Waals surface area contributed by atoms with Crippen LogP contribution in [0.1, 0.15) is 20.3 Å². The van der Waals surface area contributed by atoms with Gasteiger partial charge in [0.1, 0.15) is 6.04 Å². The van der Waals surface area contributed by atoms with Crippen LogP contribution in [0.25, 0.3) is 0 Å². The second kappa shape index (κ2) is 5.39. The van der Waals surface area contributed by atoms with Crippen molar-refractivity contribution in [2.75, 3.05) is 19.3 Å². The molecular weight excluding hydrogens is 212 g/mol. The van der Waals surface area contributed by atoms with Crippen LogP contribution in [-0.4, -0.2) is 47.4 Å². The van der Waals surface area contributed by atoms with Crippen molar-refractivity contribution in [3.63, 3.8) is 0 Å². The second-order valence-electron chi connectivity index (χ2n) is 3.87. The minimum Gasteiger partial charge on any atom is -0.345 e. The smallest absolute Gasteiger partial charge is 0.244 e. The molecule has 1 N–H and O–H groups in total. The van der Waals surface area contributed by atoms with E-state index in [2.05, 4.69) is 12.2 Å². The molecule has 0 radical (unpaired) electrons. The highest BCUT2D eigenvalue weighted by atomic mass is 32.2. The molecule has 0 aromatic carbocycles. The quantitative estimate of drug-likeness (QED) is 0.767. The van der Waals surface area contributed by atoms with Crippen LogP contribution in [-0.2, 0) is 9.59 Å². The molecule has 1 rings (SSSR count). The van der Waals surface area contributed by atoms with Gasteiger partial charge in [-0.15, -0.1) is 0 Å². The number of hydrogen-bond donors (Lipinski definition) is 1. The zero-order valence-electron chi connectivity index (χ0n) is 9.45. The molecule has 2 unspecified atom stereocenters. The SMILES string of the molecule is CSC(C)CN1CCC(=O)NC(C)C1=O. The van der Waals surface area contributed by atoms with Crippen molar-refractivity contribution in [3.8, 4) is 0 Å². The van der Waals surface area contributed by atoms with Crippen LogP contribution >= 0.6 is 11.8 Å². The van der Waals surface area contributed by atoms with Crippen LogP contribution in [0.5, 0.6) is 0 Å². The Morgan fingerprint density at radius 3 is 2.87 bits per heavy atom. The lowest BCUT2D eigenvalue weighted by molar-refractivity contribution is -0.133. The molecule has 4 nitrogen and oxygen atoms in total. The van der Waals surface area contributed by atoms with Gasteiger partial charge in [0.25, 0.3) is 0 Å². The third-order valence-corrected chi connectivity index (χ3v) is 3.50. The zero-order valence-corrected chi connectivity index (χ0v) is 10.3. The van der Waals surface area contributed by atoms with E-state index in [0.717, 1.165) is 6.54 Å². The van der Waals surface area contributed by atoms with Crippen LogP contribution in [0, 0.1) is 0 Å². The summed E-state index contributed by atoms with van der Waals surface area (Å²) in [7, 11) is 0. The van der Waals surface area contributed by atoms with Gasteiger partial charge in [-0.3, -0.25) is 9.59 Å². The number of carbonyl (C=O) groups excluding carboxylic acids is 2. The molecule has 5 heteroatoms. The summed E-state index contributed by atoms with van der Waals surface area (Å²) in [5, 5.41) is 3.09. The van der Waals surface area contributed by atoms with Gasteiger partial charge in [0, 0.05) is 24.8 Å². The maximum atomic E-state index is 11.8. The Kier molecular flexibility index (Phi) is 4.45. The maximum absolute atomic E-state index is 11.8. The van der Waals surface area contributed by atoms with E-state index >= 15 is 0 Å². The minimum absolute atomic E-state index is 0.0294. The third-order valence-electron chi connectivity index (χ3n) is 2.55. The number of carbonyl (C=O) groups is 2. The minimum atomic E-state index is -0.381. The molecule has 0 aromatic rings. The topological polar surface area (TPSA) is 49.4 Å². The van der Waals surface area contributed by atoms with Gasteiger partial charge < -0.3 is 10.2 Å². The second-order valence-corrected chi connectivity index (χ2v) is 5.15. The van der Waals surface area contributed by atoms with E-state index in [1.165, 1.54) is 0 Å². The van der Waals surface area contributed by atoms with Gasteiger partial charge in [-0.1, -0.05) is 6.92 Å². The van der Waals surface area contributed by atoms with E-state index < -0.39 is 0 Å². The highest BCUT2D eigenvalue weighted by Crippen LogP contribution is 2.10. The molecule has 15 heavy (non-hydrogen) atoms. The Bertz CT molecular complexity index is 258. The van der Waals surface area contributed by atoms with Crippen molar-refractivity contribution >= 4 is 23.6 Å². The molecule has 1 saturated heterocycles. The number of hydrogen-bond acceptors (Lipinski definition) is 3. The zero-order chi connectivity index (χ0) is 11.4. The largest absolute Gasteiger partial charge is 0.345 e. The molecule has 0 bridgehead atoms. The standard InChI is InChI=1S/C10H18N2O2S/c1-7(15-3)6-12-5-4-9(13)11-8(2)10(12)14/h7-8H,4-6H2,1-3H3,(H,11,13). The summed E-state index contributed by atoms with van der Waals surface area (Å²) < 4.78 is 0. The summed E-state index contributed by atoms with van der Waals surface area (Å²) in [6, 6.07) is -0.381. The van der Waals surface area contributed by atoms with E-state index in [1.54, 1.807) is 23.6 Å². The summed E-state index contributed by atoms with van der Waals surface area (Å²) in [4.78, 5) is 24.9. The van der Waals surface area contributed by atoms with Gasteiger partial charge in [-0.25, -0.2) is 0 Å². The fourth-order valence-corrected chi connectivity index (χ4v) is 1.89. The molecule has 1 heterocycles. The molecule has 86 valence electrons. The van der Waals surface area contributed by atoms with Gasteiger partial charge in [0.15, 0.2) is 0 Å². The van der Waals surface area contributed by atoms with Crippen molar-refractivity contribution in [3.05, 3.63) is 0 Å². The van der Waals surface area contributed by atoms with E-state index in [9.17, 15) is 9.59 Å². The molecule has 0 saturated carbocycles. The number of amides is 2. The number of nitrogens with zero attached hydrogens (tertiary/aromatic N) is 1. The normalized spacial score (nSPS) is 24.7. The van der Waals surface area contributed by atoms with Gasteiger partial charge in [-0.05, 0) is 13.2 Å². The van der Waals surface area contributed by atoms with Crippen molar-refractivity contribution in [2.24, 2.45) is 0 Å². The predicted molar refractivity (Wildman–Crippen MR) is 61.8 cm³/mol. The summed E-state index contributed by atoms with van der Waals surface area (Å²) in [5.41, 5.74) is 0. The average molecular weight is 230 g/mol. The summed E-state index contributed by atoms with van der Waals surface area (Å²) in [5.74, 6) is -0.00287. The Morgan fingerprint density at radius 1 is 1.60 bits per heavy atom. The van der Waals surface area contributed by atoms with Crippen LogP contribution in [0.2, 0.25) is 0 Å². The van der Waals surface area contributed by atoms with Crippen LogP contribution in [0.3, 0.4) is 0 Å². The number of rotatable bonds is 3. The van der Waals surface area contributed by atoms with Gasteiger partial charge in [-0.2, -0.15) is 11.8 Å². The van der Waals surface area contributed by atoms with Crippen LogP contribution in [0.4, 0.5) is 0 Å². The van der Waals surface area contributed by atoms with Gasteiger partial charge in [0.2, 0.25) is 11.8 Å². The molecule has 2 atom stereocenters. The third kappa shape index (κ3) is 3.41. The van der Waals surface area contributed by atoms with Crippen molar-refractivity contribution < 1.29 is 9.59 Å². The van der Waals surface area contributed by atoms with Crippen LogP contribution < -0.4 is 5.32 Å². The van der Waals surface area contributed by atoms with Gasteiger partial charge in [0.05, 0.1) is 0 Å². The first kappa shape index (κ1) is 12.4. The molecule has 0 aromatic heterocycles. The molecule has 1 fully saturated rings. The summed E-state index contributed by atoms with van der Waals surface area (Å²) in [6.45, 7) is 5.09. The summed E-state index contributed by atoms with van der Waals surface area (Å²) in [6.07, 6.45) is 2.44. The Hall–Kier alpha value is -0.710. The van der Waals surface area contributed by atoms with E-state index in [0.29, 0.717) is 18.2 Å². The molecule has 1 aliphatic rings. The van der Waals surface area contributed by atoms with Crippen molar-refractivity contribution in [2.45, 2.75) is 31.6 Å². The van der Waals surface area contributed by atoms with E-state index in [1.807, 2.05) is 6.26 Å². The van der Waals surface area contributed by atoms with E-state index in [-0.39, 0.29) is 17.9 Å². The first-order valence-electron chi connectivity index (χ1n) is 5.15. The fraction of sp³-hybridized carbons (Fsp3) is 0.800. The first-order chi connectivity index (χ1) is 7.04. The number of thioether (sulfide) groups is 1. The van der Waals surface area contributed by atoms with E-state index in [4.69, 9.17) is 0 Å². The lowest BCUT2D eigenvalue weighted by Gasteiger charge is -2.24. The highest BCUT2D eigenvalue weighted by molar-refractivity contribution is 7.99. The molecular formula is C10H18N2O2S. The first-order valence-corrected chi connectivity index (χ1v) is 6.44. The lowest BCUT2D eigenvalue weighted by Crippen LogP contribution is -2.44. The highest BCUT2D eigenvalue weighted by Gasteiger charge is 2.26. The Labute approximate surface area is 94.8 Å². The average Bonchev–Trinajstić information content (AvgIpc) is 2.31. The molecule has 1 aliphatic heterocycles.